The maximum Gasteiger partial charge on any atom is 0.272 e. The summed E-state index contributed by atoms with van der Waals surface area (Å²) in [5.41, 5.74) is 4.14. The van der Waals surface area contributed by atoms with E-state index in [1.807, 2.05) is 0 Å². The molecule has 1 fully saturated rings. The number of hydrazone groups is 1. The topological polar surface area (TPSA) is 41.5 Å². The van der Waals surface area contributed by atoms with E-state index in [0.29, 0.717) is 16.5 Å². The Balaban J connectivity index is 2.00. The van der Waals surface area contributed by atoms with Gasteiger partial charge in [0.15, 0.2) is 0 Å². The Kier molecular flexibility index (Phi) is 4.37. The van der Waals surface area contributed by atoms with E-state index in [2.05, 4.69) is 17.5 Å². The minimum absolute atomic E-state index is 0.244. The lowest BCUT2D eigenvalue weighted by atomic mass is 9.89. The highest BCUT2D eigenvalue weighted by Crippen LogP contribution is 2.21. The molecule has 1 aliphatic rings. The molecule has 0 saturated heterocycles. The SMILES string of the molecule is C[C@H]1CCC/C(=N/NC(=O)c2ccccc2Cl)C1. The predicted molar refractivity (Wildman–Crippen MR) is 74.0 cm³/mol. The third-order valence-corrected chi connectivity index (χ3v) is 3.51. The van der Waals surface area contributed by atoms with Gasteiger partial charge >= 0.3 is 0 Å². The molecule has 0 heterocycles. The summed E-state index contributed by atoms with van der Waals surface area (Å²) in [5.74, 6) is 0.418. The zero-order valence-corrected chi connectivity index (χ0v) is 11.2. The van der Waals surface area contributed by atoms with Gasteiger partial charge in [-0.05, 0) is 43.7 Å². The van der Waals surface area contributed by atoms with Crippen molar-refractivity contribution in [3.8, 4) is 0 Å². The lowest BCUT2D eigenvalue weighted by molar-refractivity contribution is 0.0954. The minimum Gasteiger partial charge on any atom is -0.267 e. The van der Waals surface area contributed by atoms with Crippen LogP contribution in [0.5, 0.6) is 0 Å². The van der Waals surface area contributed by atoms with Crippen LogP contribution in [-0.4, -0.2) is 11.6 Å². The van der Waals surface area contributed by atoms with Crippen LogP contribution >= 0.6 is 11.6 Å². The van der Waals surface area contributed by atoms with Gasteiger partial charge in [-0.2, -0.15) is 5.10 Å². The van der Waals surface area contributed by atoms with E-state index in [9.17, 15) is 4.79 Å². The third kappa shape index (κ3) is 3.33. The molecular formula is C14H17ClN2O. The standard InChI is InChI=1S/C14H17ClN2O/c1-10-5-4-6-11(9-10)16-17-14(18)12-7-2-3-8-13(12)15/h2-3,7-8,10H,4-6,9H2,1H3,(H,17,18)/b16-11-/t10-/m0/s1. The third-order valence-electron chi connectivity index (χ3n) is 3.18. The summed E-state index contributed by atoms with van der Waals surface area (Å²) in [6, 6.07) is 6.98. The molecule has 0 aliphatic heterocycles. The van der Waals surface area contributed by atoms with Crippen molar-refractivity contribution in [2.24, 2.45) is 11.0 Å². The van der Waals surface area contributed by atoms with Crippen LogP contribution in [0, 0.1) is 5.92 Å². The second-order valence-corrected chi connectivity index (χ2v) is 5.21. The normalized spacial score (nSPS) is 21.9. The fraction of sp³-hybridized carbons (Fsp3) is 0.429. The Morgan fingerprint density at radius 3 is 2.94 bits per heavy atom. The highest BCUT2D eigenvalue weighted by atomic mass is 35.5. The molecule has 0 unspecified atom stereocenters. The van der Waals surface area contributed by atoms with Crippen LogP contribution in [0.25, 0.3) is 0 Å². The second kappa shape index (κ2) is 6.01. The van der Waals surface area contributed by atoms with Gasteiger partial charge < -0.3 is 0 Å². The van der Waals surface area contributed by atoms with E-state index in [4.69, 9.17) is 11.6 Å². The number of rotatable bonds is 2. The highest BCUT2D eigenvalue weighted by molar-refractivity contribution is 6.33. The number of amides is 1. The van der Waals surface area contributed by atoms with Crippen molar-refractivity contribution in [2.45, 2.75) is 32.6 Å². The van der Waals surface area contributed by atoms with Crippen LogP contribution in [0.1, 0.15) is 43.0 Å². The maximum atomic E-state index is 11.9. The van der Waals surface area contributed by atoms with E-state index in [1.165, 1.54) is 6.42 Å². The molecule has 1 amide bonds. The number of hydrogen-bond donors (Lipinski definition) is 1. The smallest absolute Gasteiger partial charge is 0.267 e. The summed E-state index contributed by atoms with van der Waals surface area (Å²) >= 11 is 5.95. The van der Waals surface area contributed by atoms with Gasteiger partial charge in [-0.3, -0.25) is 4.79 Å². The Morgan fingerprint density at radius 1 is 1.44 bits per heavy atom. The van der Waals surface area contributed by atoms with Gasteiger partial charge in [0.05, 0.1) is 10.6 Å². The molecule has 1 aliphatic carbocycles. The van der Waals surface area contributed by atoms with Gasteiger partial charge in [-0.1, -0.05) is 30.7 Å². The van der Waals surface area contributed by atoms with Gasteiger partial charge in [0, 0.05) is 5.71 Å². The monoisotopic (exact) mass is 264 g/mol. The fourth-order valence-corrected chi connectivity index (χ4v) is 2.42. The first-order chi connectivity index (χ1) is 8.66. The zero-order chi connectivity index (χ0) is 13.0. The van der Waals surface area contributed by atoms with Crippen molar-refractivity contribution >= 4 is 23.2 Å². The fourth-order valence-electron chi connectivity index (χ4n) is 2.20. The lowest BCUT2D eigenvalue weighted by Gasteiger charge is -2.18. The van der Waals surface area contributed by atoms with Crippen LogP contribution < -0.4 is 5.43 Å². The number of carbonyl (C=O) groups is 1. The quantitative estimate of drug-likeness (QED) is 0.814. The van der Waals surface area contributed by atoms with Crippen LogP contribution in [0.3, 0.4) is 0 Å². The number of halogens is 1. The Labute approximate surface area is 112 Å². The Hall–Kier alpha value is -1.35. The zero-order valence-electron chi connectivity index (χ0n) is 10.4. The molecule has 0 spiro atoms. The molecule has 18 heavy (non-hydrogen) atoms. The second-order valence-electron chi connectivity index (χ2n) is 4.80. The number of benzene rings is 1. The van der Waals surface area contributed by atoms with E-state index >= 15 is 0 Å². The maximum absolute atomic E-state index is 11.9. The molecule has 0 bridgehead atoms. The average Bonchev–Trinajstić information content (AvgIpc) is 2.37. The van der Waals surface area contributed by atoms with E-state index in [-0.39, 0.29) is 5.91 Å². The van der Waals surface area contributed by atoms with Crippen molar-refractivity contribution in [1.82, 2.24) is 5.43 Å². The lowest BCUT2D eigenvalue weighted by Crippen LogP contribution is -2.22. The first kappa shape index (κ1) is 13.1. The first-order valence-corrected chi connectivity index (χ1v) is 6.65. The summed E-state index contributed by atoms with van der Waals surface area (Å²) in [6.45, 7) is 2.21. The van der Waals surface area contributed by atoms with Gasteiger partial charge in [-0.25, -0.2) is 5.43 Å². The predicted octanol–water partition coefficient (Wildman–Crippen LogP) is 3.64. The van der Waals surface area contributed by atoms with Gasteiger partial charge in [-0.15, -0.1) is 0 Å². The molecule has 1 N–H and O–H groups in total. The van der Waals surface area contributed by atoms with Crippen molar-refractivity contribution in [2.75, 3.05) is 0 Å². The number of nitrogens with zero attached hydrogens (tertiary/aromatic N) is 1. The molecule has 1 saturated carbocycles. The summed E-state index contributed by atoms with van der Waals surface area (Å²) < 4.78 is 0. The van der Waals surface area contributed by atoms with E-state index < -0.39 is 0 Å². The van der Waals surface area contributed by atoms with Crippen LogP contribution in [0.15, 0.2) is 29.4 Å². The molecule has 4 heteroatoms. The minimum atomic E-state index is -0.244. The summed E-state index contributed by atoms with van der Waals surface area (Å²) in [6.07, 6.45) is 4.36. The first-order valence-electron chi connectivity index (χ1n) is 6.27. The number of nitrogens with one attached hydrogen (secondary N) is 1. The molecule has 96 valence electrons. The number of hydrogen-bond acceptors (Lipinski definition) is 2. The summed E-state index contributed by atoms with van der Waals surface area (Å²) in [4.78, 5) is 11.9. The molecule has 0 radical (unpaired) electrons. The highest BCUT2D eigenvalue weighted by Gasteiger charge is 2.15. The molecular weight excluding hydrogens is 248 g/mol. The van der Waals surface area contributed by atoms with Gasteiger partial charge in [0.25, 0.3) is 5.91 Å². The van der Waals surface area contributed by atoms with Crippen LogP contribution in [0.4, 0.5) is 0 Å². The molecule has 1 atom stereocenters. The molecule has 0 aromatic heterocycles. The largest absolute Gasteiger partial charge is 0.272 e. The van der Waals surface area contributed by atoms with E-state index in [0.717, 1.165) is 25.0 Å². The van der Waals surface area contributed by atoms with Gasteiger partial charge in [0.1, 0.15) is 0 Å². The Morgan fingerprint density at radius 2 is 2.22 bits per heavy atom. The van der Waals surface area contributed by atoms with Crippen molar-refractivity contribution in [3.63, 3.8) is 0 Å². The summed E-state index contributed by atoms with van der Waals surface area (Å²) in [5, 5.41) is 4.66. The van der Waals surface area contributed by atoms with Crippen LogP contribution in [0.2, 0.25) is 5.02 Å². The van der Waals surface area contributed by atoms with Gasteiger partial charge in [0.2, 0.25) is 0 Å². The van der Waals surface area contributed by atoms with E-state index in [1.54, 1.807) is 24.3 Å². The summed E-state index contributed by atoms with van der Waals surface area (Å²) in [7, 11) is 0. The van der Waals surface area contributed by atoms with Crippen molar-refractivity contribution < 1.29 is 4.79 Å². The average molecular weight is 265 g/mol. The molecule has 3 nitrogen and oxygen atoms in total. The Bertz CT molecular complexity index is 471. The molecule has 1 aromatic rings. The van der Waals surface area contributed by atoms with Crippen molar-refractivity contribution in [1.29, 1.82) is 0 Å². The van der Waals surface area contributed by atoms with Crippen LogP contribution in [-0.2, 0) is 0 Å². The molecule has 2 rings (SSSR count). The van der Waals surface area contributed by atoms with Crippen molar-refractivity contribution in [3.05, 3.63) is 34.9 Å². The number of carbonyl (C=O) groups excluding carboxylic acids is 1. The molecule has 1 aromatic carbocycles.